The predicted molar refractivity (Wildman–Crippen MR) is 90.3 cm³/mol. The van der Waals surface area contributed by atoms with Crippen molar-refractivity contribution >= 4 is 17.3 Å². The second kappa shape index (κ2) is 6.95. The number of benzene rings is 1. The first kappa shape index (κ1) is 16.4. The fourth-order valence-corrected chi connectivity index (χ4v) is 2.33. The summed E-state index contributed by atoms with van der Waals surface area (Å²) in [5.74, 6) is -0.429. The summed E-state index contributed by atoms with van der Waals surface area (Å²) in [6.07, 6.45) is 6.92. The molecule has 2 heterocycles. The van der Waals surface area contributed by atoms with Gasteiger partial charge in [-0.3, -0.25) is 24.3 Å². The van der Waals surface area contributed by atoms with Crippen molar-refractivity contribution in [1.29, 1.82) is 0 Å². The molecule has 3 aromatic rings. The summed E-state index contributed by atoms with van der Waals surface area (Å²) in [6.45, 7) is 3.34. The largest absolute Gasteiger partial charge is 0.319 e. The number of nitrogens with zero attached hydrogens (tertiary/aromatic N) is 5. The van der Waals surface area contributed by atoms with Crippen LogP contribution in [-0.2, 0) is 13.1 Å². The molecule has 0 aliphatic rings. The van der Waals surface area contributed by atoms with Crippen LogP contribution in [0.3, 0.4) is 0 Å². The Labute approximate surface area is 143 Å². The van der Waals surface area contributed by atoms with Gasteiger partial charge in [-0.25, -0.2) is 0 Å². The molecule has 0 bridgehead atoms. The van der Waals surface area contributed by atoms with E-state index in [4.69, 9.17) is 0 Å². The van der Waals surface area contributed by atoms with E-state index in [2.05, 4.69) is 15.5 Å². The number of nitro benzene ring substituents is 1. The number of aryl methyl sites for hydroxylation is 1. The molecular weight excluding hydrogens is 324 g/mol. The molecule has 9 nitrogen and oxygen atoms in total. The Morgan fingerprint density at radius 1 is 1.24 bits per heavy atom. The van der Waals surface area contributed by atoms with Crippen molar-refractivity contribution < 1.29 is 9.72 Å². The van der Waals surface area contributed by atoms with Gasteiger partial charge in [-0.1, -0.05) is 6.07 Å². The molecule has 1 amide bonds. The molecule has 1 N–H and O–H groups in total. The number of carbonyl (C=O) groups excluding carboxylic acids is 1. The van der Waals surface area contributed by atoms with Gasteiger partial charge in [0.15, 0.2) is 0 Å². The maximum Gasteiger partial charge on any atom is 0.270 e. The molecule has 0 aliphatic heterocycles. The minimum atomic E-state index is -0.536. The highest BCUT2D eigenvalue weighted by Gasteiger charge is 2.12. The fourth-order valence-electron chi connectivity index (χ4n) is 2.33. The van der Waals surface area contributed by atoms with Crippen molar-refractivity contribution in [2.45, 2.75) is 20.0 Å². The molecule has 1 aromatic carbocycles. The number of anilines is 1. The number of hydrogen-bond donors (Lipinski definition) is 1. The molecule has 9 heteroatoms. The van der Waals surface area contributed by atoms with Crippen molar-refractivity contribution in [2.24, 2.45) is 0 Å². The molecule has 0 saturated carbocycles. The molecule has 25 heavy (non-hydrogen) atoms. The Hall–Kier alpha value is -3.49. The van der Waals surface area contributed by atoms with Crippen molar-refractivity contribution in [1.82, 2.24) is 19.6 Å². The number of amides is 1. The molecule has 128 valence electrons. The highest BCUT2D eigenvalue weighted by Crippen LogP contribution is 2.15. The van der Waals surface area contributed by atoms with E-state index in [-0.39, 0.29) is 11.3 Å². The van der Waals surface area contributed by atoms with Crippen LogP contribution in [-0.4, -0.2) is 30.4 Å². The summed E-state index contributed by atoms with van der Waals surface area (Å²) in [6, 6.07) is 5.57. The Morgan fingerprint density at radius 3 is 2.76 bits per heavy atom. The van der Waals surface area contributed by atoms with Gasteiger partial charge in [0.05, 0.1) is 29.5 Å². The maximum absolute atomic E-state index is 12.2. The van der Waals surface area contributed by atoms with E-state index in [1.165, 1.54) is 30.5 Å². The number of aromatic nitrogens is 4. The number of hydrogen-bond acceptors (Lipinski definition) is 5. The van der Waals surface area contributed by atoms with Crippen molar-refractivity contribution in [3.63, 3.8) is 0 Å². The van der Waals surface area contributed by atoms with Gasteiger partial charge in [0.25, 0.3) is 11.6 Å². The van der Waals surface area contributed by atoms with Gasteiger partial charge in [-0.15, -0.1) is 0 Å². The fraction of sp³-hybridized carbons (Fsp3) is 0.188. The SMILES string of the molecule is CCn1cc(Cn2cc(NC(=O)c3cccc([N+](=O)[O-])c3)cn2)cn1. The second-order valence-electron chi connectivity index (χ2n) is 5.39. The lowest BCUT2D eigenvalue weighted by Gasteiger charge is -2.02. The number of nitrogens with one attached hydrogen (secondary N) is 1. The first-order chi connectivity index (χ1) is 12.0. The van der Waals surface area contributed by atoms with Gasteiger partial charge in [0.1, 0.15) is 0 Å². The zero-order valence-electron chi connectivity index (χ0n) is 13.5. The predicted octanol–water partition coefficient (Wildman–Crippen LogP) is 2.31. The van der Waals surface area contributed by atoms with Crippen molar-refractivity contribution in [3.05, 3.63) is 70.3 Å². The topological polar surface area (TPSA) is 108 Å². The zero-order chi connectivity index (χ0) is 17.8. The molecule has 3 rings (SSSR count). The lowest BCUT2D eigenvalue weighted by Crippen LogP contribution is -2.11. The van der Waals surface area contributed by atoms with Crippen LogP contribution in [0.4, 0.5) is 11.4 Å². The molecule has 0 unspecified atom stereocenters. The van der Waals surface area contributed by atoms with Gasteiger partial charge in [-0.2, -0.15) is 10.2 Å². The quantitative estimate of drug-likeness (QED) is 0.547. The second-order valence-corrected chi connectivity index (χ2v) is 5.39. The van der Waals surface area contributed by atoms with E-state index in [1.807, 2.05) is 17.8 Å². The number of non-ortho nitro benzene ring substituents is 1. The molecule has 0 saturated heterocycles. The summed E-state index contributed by atoms with van der Waals surface area (Å²) >= 11 is 0. The van der Waals surface area contributed by atoms with E-state index in [9.17, 15) is 14.9 Å². The van der Waals surface area contributed by atoms with Gasteiger partial charge in [-0.05, 0) is 13.0 Å². The van der Waals surface area contributed by atoms with E-state index in [0.29, 0.717) is 12.2 Å². The number of nitro groups is 1. The van der Waals surface area contributed by atoms with Gasteiger partial charge >= 0.3 is 0 Å². The van der Waals surface area contributed by atoms with Crippen molar-refractivity contribution in [3.8, 4) is 0 Å². The molecule has 0 fully saturated rings. The lowest BCUT2D eigenvalue weighted by atomic mass is 10.2. The number of rotatable bonds is 6. The summed E-state index contributed by atoms with van der Waals surface area (Å²) in [5.41, 5.74) is 1.60. The maximum atomic E-state index is 12.2. The third-order valence-electron chi connectivity index (χ3n) is 3.57. The van der Waals surface area contributed by atoms with Gasteiger partial charge < -0.3 is 5.32 Å². The summed E-state index contributed by atoms with van der Waals surface area (Å²) in [5, 5.41) is 21.9. The first-order valence-corrected chi connectivity index (χ1v) is 7.64. The zero-order valence-corrected chi connectivity index (χ0v) is 13.5. The molecule has 2 aromatic heterocycles. The molecule has 0 spiro atoms. The monoisotopic (exact) mass is 340 g/mol. The van der Waals surface area contributed by atoms with E-state index >= 15 is 0 Å². The third kappa shape index (κ3) is 3.89. The van der Waals surface area contributed by atoms with Crippen LogP contribution in [0.15, 0.2) is 49.1 Å². The first-order valence-electron chi connectivity index (χ1n) is 7.64. The van der Waals surface area contributed by atoms with Crippen LogP contribution in [0.25, 0.3) is 0 Å². The molecular formula is C16H16N6O3. The summed E-state index contributed by atoms with van der Waals surface area (Å²) in [4.78, 5) is 22.5. The van der Waals surface area contributed by atoms with Crippen LogP contribution in [0.1, 0.15) is 22.8 Å². The van der Waals surface area contributed by atoms with Crippen molar-refractivity contribution in [2.75, 3.05) is 5.32 Å². The Balaban J connectivity index is 1.67. The highest BCUT2D eigenvalue weighted by atomic mass is 16.6. The number of carbonyl (C=O) groups is 1. The van der Waals surface area contributed by atoms with Gasteiger partial charge in [0, 0.05) is 42.2 Å². The van der Waals surface area contributed by atoms with Crippen LogP contribution in [0.2, 0.25) is 0 Å². The molecule has 0 atom stereocenters. The molecule has 0 radical (unpaired) electrons. The Bertz CT molecular complexity index is 914. The van der Waals surface area contributed by atoms with Crippen LogP contribution < -0.4 is 5.32 Å². The van der Waals surface area contributed by atoms with Crippen LogP contribution >= 0.6 is 0 Å². The van der Waals surface area contributed by atoms with Crippen LogP contribution in [0.5, 0.6) is 0 Å². The minimum absolute atomic E-state index is 0.128. The standard InChI is InChI=1S/C16H16N6O3/c1-2-20-9-12(7-17-20)10-21-11-14(8-18-21)19-16(23)13-4-3-5-15(6-13)22(24)25/h3-9,11H,2,10H2,1H3,(H,19,23). The van der Waals surface area contributed by atoms with Gasteiger partial charge in [0.2, 0.25) is 0 Å². The van der Waals surface area contributed by atoms with Crippen LogP contribution in [0, 0.1) is 10.1 Å². The smallest absolute Gasteiger partial charge is 0.270 e. The van der Waals surface area contributed by atoms with E-state index in [1.54, 1.807) is 17.1 Å². The average Bonchev–Trinajstić information content (AvgIpc) is 3.24. The van der Waals surface area contributed by atoms with E-state index < -0.39 is 10.8 Å². The van der Waals surface area contributed by atoms with E-state index in [0.717, 1.165) is 12.1 Å². The summed E-state index contributed by atoms with van der Waals surface area (Å²) < 4.78 is 3.50. The molecule has 0 aliphatic carbocycles. The average molecular weight is 340 g/mol. The third-order valence-corrected chi connectivity index (χ3v) is 3.57. The Morgan fingerprint density at radius 2 is 2.04 bits per heavy atom. The minimum Gasteiger partial charge on any atom is -0.319 e. The highest BCUT2D eigenvalue weighted by molar-refractivity contribution is 6.04. The summed E-state index contributed by atoms with van der Waals surface area (Å²) in [7, 11) is 0. The normalized spacial score (nSPS) is 10.6. The Kier molecular flexibility index (Phi) is 4.55. The lowest BCUT2D eigenvalue weighted by molar-refractivity contribution is -0.384.